The van der Waals surface area contributed by atoms with Crippen molar-refractivity contribution in [1.82, 2.24) is 4.90 Å². The first-order valence-corrected chi connectivity index (χ1v) is 5.31. The molecule has 80 valence electrons. The van der Waals surface area contributed by atoms with Gasteiger partial charge in [0.2, 0.25) is 0 Å². The molecule has 1 aromatic rings. The third-order valence-electron chi connectivity index (χ3n) is 1.81. The smallest absolute Gasteiger partial charge is 0.278 e. The maximum absolute atomic E-state index is 11.6. The fraction of sp³-hybridized carbons (Fsp3) is 0.273. The van der Waals surface area contributed by atoms with Crippen molar-refractivity contribution in [2.75, 3.05) is 14.1 Å². The molecule has 0 aromatic heterocycles. The number of halogens is 1. The van der Waals surface area contributed by atoms with E-state index < -0.39 is 0 Å². The van der Waals surface area contributed by atoms with Crippen molar-refractivity contribution in [3.8, 4) is 0 Å². The van der Waals surface area contributed by atoms with Crippen molar-refractivity contribution >= 4 is 28.2 Å². The number of rotatable bonds is 2. The Morgan fingerprint density at radius 1 is 1.47 bits per heavy atom. The van der Waals surface area contributed by atoms with E-state index in [9.17, 15) is 4.79 Å². The quantitative estimate of drug-likeness (QED) is 0.610. The van der Waals surface area contributed by atoms with E-state index >= 15 is 0 Å². The van der Waals surface area contributed by atoms with Gasteiger partial charge in [-0.1, -0.05) is 15.9 Å². The Labute approximate surface area is 97.9 Å². The van der Waals surface area contributed by atoms with Gasteiger partial charge in [-0.15, -0.1) is 0 Å². The van der Waals surface area contributed by atoms with Gasteiger partial charge in [0.05, 0.1) is 6.34 Å². The number of nitrogens with zero attached hydrogens (tertiary/aromatic N) is 2. The second kappa shape index (κ2) is 5.07. The number of carbonyl (C=O) groups excluding carboxylic acids is 1. The molecule has 1 rings (SSSR count). The molecule has 0 saturated heterocycles. The number of aliphatic imine (C=N–C) groups is 1. The highest BCUT2D eigenvalue weighted by molar-refractivity contribution is 9.10. The highest BCUT2D eigenvalue weighted by Gasteiger charge is 2.04. The molecule has 0 aliphatic heterocycles. The SMILES string of the molecule is Cc1cc(C(=O)N=CN(C)C)ccc1Br. The highest BCUT2D eigenvalue weighted by Crippen LogP contribution is 2.17. The van der Waals surface area contributed by atoms with Crippen LogP contribution >= 0.6 is 15.9 Å². The molecule has 0 radical (unpaired) electrons. The monoisotopic (exact) mass is 268 g/mol. The Bertz CT molecular complexity index is 400. The van der Waals surface area contributed by atoms with Gasteiger partial charge in [-0.3, -0.25) is 4.79 Å². The van der Waals surface area contributed by atoms with Crippen molar-refractivity contribution in [3.63, 3.8) is 0 Å². The zero-order chi connectivity index (χ0) is 11.4. The van der Waals surface area contributed by atoms with Crippen LogP contribution in [0.2, 0.25) is 0 Å². The van der Waals surface area contributed by atoms with Crippen LogP contribution in [-0.2, 0) is 0 Å². The lowest BCUT2D eigenvalue weighted by Gasteiger charge is -2.03. The number of aryl methyl sites for hydroxylation is 1. The zero-order valence-electron chi connectivity index (χ0n) is 8.99. The largest absolute Gasteiger partial charge is 0.369 e. The average Bonchev–Trinajstić information content (AvgIpc) is 2.18. The maximum atomic E-state index is 11.6. The molecule has 0 saturated carbocycles. The molecular formula is C11H13BrN2O. The number of carbonyl (C=O) groups is 1. The molecule has 1 amide bonds. The molecule has 0 bridgehead atoms. The number of hydrogen-bond acceptors (Lipinski definition) is 1. The van der Waals surface area contributed by atoms with Gasteiger partial charge in [0.25, 0.3) is 5.91 Å². The molecule has 0 spiro atoms. The minimum absolute atomic E-state index is 0.223. The van der Waals surface area contributed by atoms with Crippen molar-refractivity contribution in [3.05, 3.63) is 33.8 Å². The summed E-state index contributed by atoms with van der Waals surface area (Å²) in [7, 11) is 3.65. The number of benzene rings is 1. The summed E-state index contributed by atoms with van der Waals surface area (Å²) in [4.78, 5) is 17.1. The van der Waals surface area contributed by atoms with Gasteiger partial charge in [-0.05, 0) is 30.7 Å². The predicted molar refractivity (Wildman–Crippen MR) is 65.4 cm³/mol. The van der Waals surface area contributed by atoms with Gasteiger partial charge in [0, 0.05) is 24.1 Å². The summed E-state index contributed by atoms with van der Waals surface area (Å²) in [6, 6.07) is 5.43. The molecule has 15 heavy (non-hydrogen) atoms. The zero-order valence-corrected chi connectivity index (χ0v) is 10.6. The molecule has 1 aromatic carbocycles. The molecular weight excluding hydrogens is 256 g/mol. The Kier molecular flexibility index (Phi) is 4.03. The minimum atomic E-state index is -0.223. The van der Waals surface area contributed by atoms with E-state index in [4.69, 9.17) is 0 Å². The third kappa shape index (κ3) is 3.47. The molecule has 0 N–H and O–H groups in total. The molecule has 0 aliphatic carbocycles. The molecule has 3 nitrogen and oxygen atoms in total. The Morgan fingerprint density at radius 2 is 2.13 bits per heavy atom. The van der Waals surface area contributed by atoms with Gasteiger partial charge < -0.3 is 4.90 Å². The van der Waals surface area contributed by atoms with E-state index in [1.807, 2.05) is 33.2 Å². The molecule has 4 heteroatoms. The minimum Gasteiger partial charge on any atom is -0.369 e. The Morgan fingerprint density at radius 3 is 2.67 bits per heavy atom. The lowest BCUT2D eigenvalue weighted by Crippen LogP contribution is -2.09. The van der Waals surface area contributed by atoms with Gasteiger partial charge in [-0.25, -0.2) is 0 Å². The lowest BCUT2D eigenvalue weighted by atomic mass is 10.1. The van der Waals surface area contributed by atoms with E-state index in [0.717, 1.165) is 10.0 Å². The fourth-order valence-electron chi connectivity index (χ4n) is 1.02. The van der Waals surface area contributed by atoms with Gasteiger partial charge in [0.15, 0.2) is 0 Å². The molecule has 0 aliphatic rings. The molecule has 0 fully saturated rings. The van der Waals surface area contributed by atoms with Crippen molar-refractivity contribution < 1.29 is 4.79 Å². The van der Waals surface area contributed by atoms with E-state index in [1.54, 1.807) is 11.0 Å². The standard InChI is InChI=1S/C11H13BrN2O/c1-8-6-9(4-5-10(8)12)11(15)13-7-14(2)3/h4-7H,1-3H3. The number of hydrogen-bond donors (Lipinski definition) is 0. The van der Waals surface area contributed by atoms with Crippen LogP contribution in [0.3, 0.4) is 0 Å². The summed E-state index contributed by atoms with van der Waals surface area (Å²) >= 11 is 3.38. The van der Waals surface area contributed by atoms with Gasteiger partial charge in [-0.2, -0.15) is 4.99 Å². The maximum Gasteiger partial charge on any atom is 0.278 e. The van der Waals surface area contributed by atoms with Crippen LogP contribution in [0.15, 0.2) is 27.7 Å². The van der Waals surface area contributed by atoms with Crippen LogP contribution in [0.25, 0.3) is 0 Å². The van der Waals surface area contributed by atoms with Crippen LogP contribution in [0.1, 0.15) is 15.9 Å². The van der Waals surface area contributed by atoms with Gasteiger partial charge in [0.1, 0.15) is 0 Å². The van der Waals surface area contributed by atoms with E-state index in [-0.39, 0.29) is 5.91 Å². The number of amides is 1. The average molecular weight is 269 g/mol. The second-order valence-corrected chi connectivity index (χ2v) is 4.33. The Hall–Kier alpha value is -1.16. The van der Waals surface area contributed by atoms with Crippen LogP contribution < -0.4 is 0 Å². The van der Waals surface area contributed by atoms with E-state index in [2.05, 4.69) is 20.9 Å². The second-order valence-electron chi connectivity index (χ2n) is 3.48. The molecule has 0 unspecified atom stereocenters. The first-order valence-electron chi connectivity index (χ1n) is 4.52. The van der Waals surface area contributed by atoms with Crippen LogP contribution in [0.5, 0.6) is 0 Å². The summed E-state index contributed by atoms with van der Waals surface area (Å²) in [5.74, 6) is -0.223. The van der Waals surface area contributed by atoms with Crippen LogP contribution in [0, 0.1) is 6.92 Å². The first-order chi connectivity index (χ1) is 7.00. The predicted octanol–water partition coefficient (Wildman–Crippen LogP) is 2.49. The Balaban J connectivity index is 2.88. The van der Waals surface area contributed by atoms with Crippen molar-refractivity contribution in [2.45, 2.75) is 6.92 Å². The summed E-state index contributed by atoms with van der Waals surface area (Å²) in [5, 5.41) is 0. The van der Waals surface area contributed by atoms with Gasteiger partial charge >= 0.3 is 0 Å². The van der Waals surface area contributed by atoms with Crippen LogP contribution in [-0.4, -0.2) is 31.2 Å². The van der Waals surface area contributed by atoms with Crippen molar-refractivity contribution in [2.24, 2.45) is 4.99 Å². The normalized spacial score (nSPS) is 10.7. The lowest BCUT2D eigenvalue weighted by molar-refractivity contribution is 0.100. The molecule has 0 heterocycles. The topological polar surface area (TPSA) is 32.7 Å². The summed E-state index contributed by atoms with van der Waals surface area (Å²) < 4.78 is 0.996. The molecule has 0 atom stereocenters. The van der Waals surface area contributed by atoms with Crippen LogP contribution in [0.4, 0.5) is 0 Å². The van der Waals surface area contributed by atoms with E-state index in [0.29, 0.717) is 5.56 Å². The van der Waals surface area contributed by atoms with Crippen molar-refractivity contribution in [1.29, 1.82) is 0 Å². The van der Waals surface area contributed by atoms with E-state index in [1.165, 1.54) is 6.34 Å². The highest BCUT2D eigenvalue weighted by atomic mass is 79.9. The first kappa shape index (κ1) is 11.9. The fourth-order valence-corrected chi connectivity index (χ4v) is 1.27. The summed E-state index contributed by atoms with van der Waals surface area (Å²) in [6.07, 6.45) is 1.50. The summed E-state index contributed by atoms with van der Waals surface area (Å²) in [6.45, 7) is 1.94. The third-order valence-corrected chi connectivity index (χ3v) is 2.70. The summed E-state index contributed by atoms with van der Waals surface area (Å²) in [5.41, 5.74) is 1.63.